The van der Waals surface area contributed by atoms with Crippen molar-refractivity contribution in [2.24, 2.45) is 0 Å². The van der Waals surface area contributed by atoms with E-state index in [1.807, 2.05) is 6.92 Å². The van der Waals surface area contributed by atoms with Gasteiger partial charge in [-0.2, -0.15) is 0 Å². The molecule has 9 nitrogen and oxygen atoms in total. The van der Waals surface area contributed by atoms with Gasteiger partial charge in [-0.3, -0.25) is 14.9 Å². The van der Waals surface area contributed by atoms with Gasteiger partial charge in [0.15, 0.2) is 5.69 Å². The number of aliphatic hydroxyl groups excluding tert-OH is 1. The lowest BCUT2D eigenvalue weighted by Crippen LogP contribution is -2.35. The molecule has 0 aliphatic rings. The molecule has 134 valence electrons. The first-order chi connectivity index (χ1) is 12.0. The maximum Gasteiger partial charge on any atom is 0.276 e. The summed E-state index contributed by atoms with van der Waals surface area (Å²) in [7, 11) is 0. The molecule has 1 heterocycles. The van der Waals surface area contributed by atoms with Crippen molar-refractivity contribution in [1.29, 1.82) is 0 Å². The summed E-state index contributed by atoms with van der Waals surface area (Å²) in [5.41, 5.74) is 1.06. The molecule has 0 fully saturated rings. The summed E-state index contributed by atoms with van der Waals surface area (Å²) in [6, 6.07) is 5.97. The van der Waals surface area contributed by atoms with Gasteiger partial charge in [0.1, 0.15) is 0 Å². The zero-order valence-corrected chi connectivity index (χ0v) is 14.3. The molecule has 0 spiro atoms. The number of non-ortho nitro benzene ring substituents is 1. The van der Waals surface area contributed by atoms with E-state index in [9.17, 15) is 14.9 Å². The van der Waals surface area contributed by atoms with E-state index in [0.717, 1.165) is 12.8 Å². The fraction of sp³-hybridized carbons (Fsp3) is 0.438. The minimum atomic E-state index is -0.491. The van der Waals surface area contributed by atoms with Gasteiger partial charge in [0.2, 0.25) is 0 Å². The Hall–Kier alpha value is -2.81. The minimum absolute atomic E-state index is 0.0647. The van der Waals surface area contributed by atoms with Crippen LogP contribution in [0, 0.1) is 17.0 Å². The van der Waals surface area contributed by atoms with Crippen LogP contribution in [0.2, 0.25) is 0 Å². The number of aromatic nitrogens is 3. The van der Waals surface area contributed by atoms with Crippen LogP contribution in [0.4, 0.5) is 5.69 Å². The summed E-state index contributed by atoms with van der Waals surface area (Å²) in [5.74, 6) is -0.309. The third-order valence-corrected chi connectivity index (χ3v) is 3.82. The van der Waals surface area contributed by atoms with Crippen LogP contribution in [0.3, 0.4) is 0 Å². The molecule has 1 N–H and O–H groups in total. The van der Waals surface area contributed by atoms with Crippen LogP contribution < -0.4 is 0 Å². The summed E-state index contributed by atoms with van der Waals surface area (Å²) in [5, 5.41) is 28.0. The fourth-order valence-corrected chi connectivity index (χ4v) is 2.44. The number of nitro groups is 1. The van der Waals surface area contributed by atoms with Crippen LogP contribution in [-0.4, -0.2) is 55.5 Å². The minimum Gasteiger partial charge on any atom is -0.395 e. The average Bonchev–Trinajstić information content (AvgIpc) is 2.99. The van der Waals surface area contributed by atoms with Crippen molar-refractivity contribution in [1.82, 2.24) is 19.9 Å². The van der Waals surface area contributed by atoms with Crippen molar-refractivity contribution < 1.29 is 14.8 Å². The van der Waals surface area contributed by atoms with Crippen LogP contribution >= 0.6 is 0 Å². The largest absolute Gasteiger partial charge is 0.395 e. The third kappa shape index (κ3) is 4.18. The molecule has 0 aliphatic heterocycles. The molecule has 0 saturated heterocycles. The first kappa shape index (κ1) is 18.5. The summed E-state index contributed by atoms with van der Waals surface area (Å²) in [6.07, 6.45) is 1.75. The molecular weight excluding hydrogens is 326 g/mol. The normalized spacial score (nSPS) is 10.7. The number of hydrogen-bond acceptors (Lipinski definition) is 6. The van der Waals surface area contributed by atoms with E-state index in [1.54, 1.807) is 19.1 Å². The average molecular weight is 347 g/mol. The first-order valence-corrected chi connectivity index (χ1v) is 8.06. The summed E-state index contributed by atoms with van der Waals surface area (Å²) in [4.78, 5) is 24.6. The van der Waals surface area contributed by atoms with E-state index in [2.05, 4.69) is 10.3 Å². The van der Waals surface area contributed by atoms with Gasteiger partial charge in [0, 0.05) is 25.2 Å². The van der Waals surface area contributed by atoms with Gasteiger partial charge in [-0.25, -0.2) is 4.68 Å². The van der Waals surface area contributed by atoms with Crippen molar-refractivity contribution in [2.45, 2.75) is 26.7 Å². The Morgan fingerprint density at radius 2 is 2.16 bits per heavy atom. The molecule has 2 rings (SSSR count). The molecule has 0 aliphatic carbocycles. The van der Waals surface area contributed by atoms with Gasteiger partial charge in [0.25, 0.3) is 11.6 Å². The Bertz CT molecular complexity index is 759. The fourth-order valence-electron chi connectivity index (χ4n) is 2.44. The van der Waals surface area contributed by atoms with E-state index in [1.165, 1.54) is 21.7 Å². The van der Waals surface area contributed by atoms with Crippen LogP contribution in [0.25, 0.3) is 5.69 Å². The van der Waals surface area contributed by atoms with Crippen LogP contribution in [0.5, 0.6) is 0 Å². The highest BCUT2D eigenvalue weighted by Gasteiger charge is 2.23. The second-order valence-corrected chi connectivity index (χ2v) is 5.58. The molecule has 1 aromatic carbocycles. The number of unbranched alkanes of at least 4 members (excludes halogenated alkanes) is 1. The van der Waals surface area contributed by atoms with Gasteiger partial charge in [0.05, 0.1) is 22.9 Å². The first-order valence-electron chi connectivity index (χ1n) is 8.06. The number of nitrogens with zero attached hydrogens (tertiary/aromatic N) is 5. The van der Waals surface area contributed by atoms with Crippen molar-refractivity contribution >= 4 is 11.6 Å². The number of benzene rings is 1. The van der Waals surface area contributed by atoms with Gasteiger partial charge >= 0.3 is 0 Å². The standard InChI is InChI=1S/C16H21N5O4/c1-3-4-8-19(9-10-22)16(23)15-12(2)20(18-17-15)13-6-5-7-14(11-13)21(24)25/h5-7,11,22H,3-4,8-10H2,1-2H3. The monoisotopic (exact) mass is 347 g/mol. The predicted molar refractivity (Wildman–Crippen MR) is 90.6 cm³/mol. The zero-order valence-electron chi connectivity index (χ0n) is 14.3. The number of hydrogen-bond donors (Lipinski definition) is 1. The summed E-state index contributed by atoms with van der Waals surface area (Å²) in [6.45, 7) is 4.32. The quantitative estimate of drug-likeness (QED) is 0.574. The topological polar surface area (TPSA) is 114 Å². The van der Waals surface area contributed by atoms with Gasteiger partial charge < -0.3 is 10.0 Å². The molecule has 1 aromatic heterocycles. The number of rotatable bonds is 8. The van der Waals surface area contributed by atoms with Crippen LogP contribution in [-0.2, 0) is 0 Å². The lowest BCUT2D eigenvalue weighted by molar-refractivity contribution is -0.384. The Morgan fingerprint density at radius 3 is 2.80 bits per heavy atom. The molecule has 0 unspecified atom stereocenters. The smallest absolute Gasteiger partial charge is 0.276 e. The summed E-state index contributed by atoms with van der Waals surface area (Å²) < 4.78 is 1.40. The number of aliphatic hydroxyl groups is 1. The van der Waals surface area contributed by atoms with E-state index in [4.69, 9.17) is 5.11 Å². The van der Waals surface area contributed by atoms with Crippen molar-refractivity contribution in [3.05, 3.63) is 45.8 Å². The van der Waals surface area contributed by atoms with Crippen molar-refractivity contribution in [2.75, 3.05) is 19.7 Å². The highest BCUT2D eigenvalue weighted by atomic mass is 16.6. The molecule has 1 amide bonds. The van der Waals surface area contributed by atoms with Crippen molar-refractivity contribution in [3.8, 4) is 5.69 Å². The number of carbonyl (C=O) groups excluding carboxylic acids is 1. The molecule has 25 heavy (non-hydrogen) atoms. The highest BCUT2D eigenvalue weighted by molar-refractivity contribution is 5.93. The Kier molecular flexibility index (Phi) is 6.18. The number of amides is 1. The van der Waals surface area contributed by atoms with E-state index in [-0.39, 0.29) is 30.4 Å². The van der Waals surface area contributed by atoms with E-state index in [0.29, 0.717) is 17.9 Å². The van der Waals surface area contributed by atoms with Crippen LogP contribution in [0.15, 0.2) is 24.3 Å². The lowest BCUT2D eigenvalue weighted by Gasteiger charge is -2.20. The highest BCUT2D eigenvalue weighted by Crippen LogP contribution is 2.19. The molecule has 0 atom stereocenters. The van der Waals surface area contributed by atoms with Crippen LogP contribution in [0.1, 0.15) is 35.9 Å². The molecule has 9 heteroatoms. The molecule has 0 saturated carbocycles. The summed E-state index contributed by atoms with van der Waals surface area (Å²) >= 11 is 0. The van der Waals surface area contributed by atoms with E-state index >= 15 is 0 Å². The maximum atomic E-state index is 12.7. The Morgan fingerprint density at radius 1 is 1.40 bits per heavy atom. The molecule has 0 radical (unpaired) electrons. The zero-order chi connectivity index (χ0) is 18.4. The Balaban J connectivity index is 2.32. The van der Waals surface area contributed by atoms with Gasteiger partial charge in [-0.05, 0) is 19.4 Å². The third-order valence-electron chi connectivity index (χ3n) is 3.82. The second-order valence-electron chi connectivity index (χ2n) is 5.58. The van der Waals surface area contributed by atoms with Gasteiger partial charge in [-0.15, -0.1) is 5.10 Å². The maximum absolute atomic E-state index is 12.7. The second kappa shape index (κ2) is 8.34. The molecular formula is C16H21N5O4. The number of nitro benzene ring substituents is 1. The molecule has 2 aromatic rings. The van der Waals surface area contributed by atoms with Crippen molar-refractivity contribution in [3.63, 3.8) is 0 Å². The lowest BCUT2D eigenvalue weighted by atomic mass is 10.2. The predicted octanol–water partition coefficient (Wildman–Crippen LogP) is 1.72. The Labute approximate surface area is 145 Å². The molecule has 0 bridgehead atoms. The van der Waals surface area contributed by atoms with E-state index < -0.39 is 4.92 Å². The van der Waals surface area contributed by atoms with Gasteiger partial charge in [-0.1, -0.05) is 24.6 Å². The SMILES string of the molecule is CCCCN(CCO)C(=O)c1nnn(-c2cccc([N+](=O)[O-])c2)c1C. The number of carbonyl (C=O) groups is 1.